The van der Waals surface area contributed by atoms with E-state index in [1.807, 2.05) is 36.0 Å². The zero-order valence-electron chi connectivity index (χ0n) is 9.35. The molecule has 17 heavy (non-hydrogen) atoms. The monoisotopic (exact) mass is 296 g/mol. The molecule has 90 valence electrons. The second kappa shape index (κ2) is 4.50. The number of hydrogen-bond donors (Lipinski definition) is 2. The van der Waals surface area contributed by atoms with Crippen molar-refractivity contribution in [3.05, 3.63) is 34.4 Å². The highest BCUT2D eigenvalue weighted by Gasteiger charge is 2.15. The van der Waals surface area contributed by atoms with E-state index in [9.17, 15) is 4.79 Å². The Balaban J connectivity index is 2.51. The summed E-state index contributed by atoms with van der Waals surface area (Å²) in [6.07, 6.45) is 2.29. The molecule has 0 aliphatic heterocycles. The SMILES string of the molecule is Cn1cc(Br)c2cccc(CC(N)C(=O)O)c21. The lowest BCUT2D eigenvalue weighted by atomic mass is 10.0. The van der Waals surface area contributed by atoms with Gasteiger partial charge in [0.15, 0.2) is 0 Å². The molecule has 3 N–H and O–H groups in total. The van der Waals surface area contributed by atoms with Crippen molar-refractivity contribution >= 4 is 32.8 Å². The molecule has 1 atom stereocenters. The molecular weight excluding hydrogens is 284 g/mol. The van der Waals surface area contributed by atoms with Crippen LogP contribution in [-0.2, 0) is 18.3 Å². The van der Waals surface area contributed by atoms with Gasteiger partial charge in [0.1, 0.15) is 6.04 Å². The predicted molar refractivity (Wildman–Crippen MR) is 69.9 cm³/mol. The molecule has 0 radical (unpaired) electrons. The summed E-state index contributed by atoms with van der Waals surface area (Å²) in [5.74, 6) is -0.977. The Bertz CT molecular complexity index is 577. The van der Waals surface area contributed by atoms with Crippen molar-refractivity contribution in [2.75, 3.05) is 0 Å². The summed E-state index contributed by atoms with van der Waals surface area (Å²) >= 11 is 3.48. The number of aromatic nitrogens is 1. The molecule has 1 heterocycles. The maximum absolute atomic E-state index is 10.8. The number of rotatable bonds is 3. The molecule has 0 saturated heterocycles. The van der Waals surface area contributed by atoms with Crippen molar-refractivity contribution in [2.24, 2.45) is 12.8 Å². The quantitative estimate of drug-likeness (QED) is 0.909. The van der Waals surface area contributed by atoms with Gasteiger partial charge in [0.05, 0.1) is 5.52 Å². The molecule has 0 aliphatic rings. The van der Waals surface area contributed by atoms with Crippen molar-refractivity contribution in [1.29, 1.82) is 0 Å². The second-order valence-corrected chi connectivity index (χ2v) is 4.90. The third-order valence-corrected chi connectivity index (χ3v) is 3.43. The van der Waals surface area contributed by atoms with Crippen molar-refractivity contribution < 1.29 is 9.90 Å². The normalized spacial score (nSPS) is 12.9. The Morgan fingerprint density at radius 1 is 1.59 bits per heavy atom. The smallest absolute Gasteiger partial charge is 0.320 e. The van der Waals surface area contributed by atoms with Gasteiger partial charge in [0.25, 0.3) is 0 Å². The van der Waals surface area contributed by atoms with Crippen LogP contribution in [0, 0.1) is 0 Å². The van der Waals surface area contributed by atoms with Gasteiger partial charge in [-0.05, 0) is 21.5 Å². The van der Waals surface area contributed by atoms with Gasteiger partial charge in [0, 0.05) is 29.5 Å². The summed E-state index contributed by atoms with van der Waals surface area (Å²) in [6, 6.07) is 4.96. The van der Waals surface area contributed by atoms with E-state index < -0.39 is 12.0 Å². The lowest BCUT2D eigenvalue weighted by Crippen LogP contribution is -2.32. The van der Waals surface area contributed by atoms with E-state index in [-0.39, 0.29) is 0 Å². The van der Waals surface area contributed by atoms with Crippen LogP contribution in [0.15, 0.2) is 28.9 Å². The Morgan fingerprint density at radius 2 is 2.29 bits per heavy atom. The average molecular weight is 297 g/mol. The lowest BCUT2D eigenvalue weighted by molar-refractivity contribution is -0.138. The fraction of sp³-hybridized carbons (Fsp3) is 0.250. The highest BCUT2D eigenvalue weighted by atomic mass is 79.9. The Kier molecular flexibility index (Phi) is 3.22. The molecule has 1 aromatic heterocycles. The summed E-state index contributed by atoms with van der Waals surface area (Å²) in [6.45, 7) is 0. The van der Waals surface area contributed by atoms with Crippen molar-refractivity contribution in [2.45, 2.75) is 12.5 Å². The van der Waals surface area contributed by atoms with Crippen LogP contribution in [-0.4, -0.2) is 21.7 Å². The van der Waals surface area contributed by atoms with E-state index in [0.29, 0.717) is 6.42 Å². The molecule has 4 nitrogen and oxygen atoms in total. The van der Waals surface area contributed by atoms with Gasteiger partial charge in [-0.25, -0.2) is 0 Å². The van der Waals surface area contributed by atoms with E-state index >= 15 is 0 Å². The largest absolute Gasteiger partial charge is 0.480 e. The first-order valence-electron chi connectivity index (χ1n) is 5.21. The number of carboxylic acids is 1. The number of benzene rings is 1. The van der Waals surface area contributed by atoms with Crippen molar-refractivity contribution in [3.8, 4) is 0 Å². The van der Waals surface area contributed by atoms with Gasteiger partial charge in [-0.15, -0.1) is 0 Å². The van der Waals surface area contributed by atoms with Gasteiger partial charge in [-0.3, -0.25) is 4.79 Å². The van der Waals surface area contributed by atoms with Crippen LogP contribution in [0.2, 0.25) is 0 Å². The third-order valence-electron chi connectivity index (χ3n) is 2.79. The van der Waals surface area contributed by atoms with Crippen LogP contribution in [0.5, 0.6) is 0 Å². The van der Waals surface area contributed by atoms with Gasteiger partial charge in [-0.2, -0.15) is 0 Å². The maximum Gasteiger partial charge on any atom is 0.320 e. The molecular formula is C12H13BrN2O2. The number of halogens is 1. The topological polar surface area (TPSA) is 68.2 Å². The molecule has 0 bridgehead atoms. The van der Waals surface area contributed by atoms with Gasteiger partial charge >= 0.3 is 5.97 Å². The number of para-hydroxylation sites is 1. The van der Waals surface area contributed by atoms with E-state index in [2.05, 4.69) is 15.9 Å². The number of carboxylic acid groups (broad SMARTS) is 1. The molecule has 2 rings (SSSR count). The van der Waals surface area contributed by atoms with Crippen LogP contribution >= 0.6 is 15.9 Å². The number of fused-ring (bicyclic) bond motifs is 1. The van der Waals surface area contributed by atoms with E-state index in [1.165, 1.54) is 0 Å². The molecule has 0 aliphatic carbocycles. The van der Waals surface area contributed by atoms with Crippen LogP contribution in [0.4, 0.5) is 0 Å². The fourth-order valence-electron chi connectivity index (χ4n) is 1.99. The predicted octanol–water partition coefficient (Wildman–Crippen LogP) is 1.90. The van der Waals surface area contributed by atoms with Gasteiger partial charge < -0.3 is 15.4 Å². The number of carbonyl (C=O) groups is 1. The summed E-state index contributed by atoms with van der Waals surface area (Å²) in [5.41, 5.74) is 7.55. The van der Waals surface area contributed by atoms with Gasteiger partial charge in [0.2, 0.25) is 0 Å². The minimum Gasteiger partial charge on any atom is -0.480 e. The number of nitrogens with zero attached hydrogens (tertiary/aromatic N) is 1. The first-order valence-corrected chi connectivity index (χ1v) is 6.01. The third kappa shape index (κ3) is 2.21. The average Bonchev–Trinajstić information content (AvgIpc) is 2.55. The van der Waals surface area contributed by atoms with Crippen LogP contribution < -0.4 is 5.73 Å². The number of nitrogens with two attached hydrogens (primary N) is 1. The summed E-state index contributed by atoms with van der Waals surface area (Å²) in [5, 5.41) is 9.92. The summed E-state index contributed by atoms with van der Waals surface area (Å²) in [4.78, 5) is 10.8. The number of aliphatic carboxylic acids is 1. The number of aryl methyl sites for hydroxylation is 1. The Hall–Kier alpha value is -1.33. The van der Waals surface area contributed by atoms with Gasteiger partial charge in [-0.1, -0.05) is 18.2 Å². The molecule has 2 aromatic rings. The standard InChI is InChI=1S/C12H13BrN2O2/c1-15-6-9(13)8-4-2-3-7(11(8)15)5-10(14)12(16)17/h2-4,6,10H,5,14H2,1H3,(H,16,17). The first-order chi connectivity index (χ1) is 8.00. The Labute approximate surface area is 107 Å². The van der Waals surface area contributed by atoms with Crippen molar-refractivity contribution in [1.82, 2.24) is 4.57 Å². The first kappa shape index (κ1) is 12.1. The highest BCUT2D eigenvalue weighted by molar-refractivity contribution is 9.10. The zero-order valence-corrected chi connectivity index (χ0v) is 10.9. The van der Waals surface area contributed by atoms with Crippen LogP contribution in [0.1, 0.15) is 5.56 Å². The zero-order chi connectivity index (χ0) is 12.6. The number of hydrogen-bond acceptors (Lipinski definition) is 2. The van der Waals surface area contributed by atoms with Crippen LogP contribution in [0.3, 0.4) is 0 Å². The van der Waals surface area contributed by atoms with E-state index in [4.69, 9.17) is 10.8 Å². The fourth-order valence-corrected chi connectivity index (χ4v) is 2.62. The summed E-state index contributed by atoms with van der Waals surface area (Å²) < 4.78 is 2.98. The highest BCUT2D eigenvalue weighted by Crippen LogP contribution is 2.28. The Morgan fingerprint density at radius 3 is 2.94 bits per heavy atom. The molecule has 0 amide bonds. The van der Waals surface area contributed by atoms with E-state index in [0.717, 1.165) is 20.9 Å². The molecule has 0 fully saturated rings. The lowest BCUT2D eigenvalue weighted by Gasteiger charge is -2.09. The molecule has 1 aromatic carbocycles. The maximum atomic E-state index is 10.8. The molecule has 5 heteroatoms. The molecule has 0 spiro atoms. The van der Waals surface area contributed by atoms with E-state index in [1.54, 1.807) is 0 Å². The minimum absolute atomic E-state index is 0.330. The molecule has 0 saturated carbocycles. The van der Waals surface area contributed by atoms with Crippen LogP contribution in [0.25, 0.3) is 10.9 Å². The minimum atomic E-state index is -0.977. The summed E-state index contributed by atoms with van der Waals surface area (Å²) in [7, 11) is 1.93. The molecule has 1 unspecified atom stereocenters. The second-order valence-electron chi connectivity index (χ2n) is 4.05. The van der Waals surface area contributed by atoms with Crippen molar-refractivity contribution in [3.63, 3.8) is 0 Å².